The van der Waals surface area contributed by atoms with E-state index in [-0.39, 0.29) is 5.56 Å². The van der Waals surface area contributed by atoms with Gasteiger partial charge in [0.1, 0.15) is 0 Å². The van der Waals surface area contributed by atoms with Crippen molar-refractivity contribution < 1.29 is 46.0 Å². The van der Waals surface area contributed by atoms with Crippen molar-refractivity contribution in [3.05, 3.63) is 35.9 Å². The van der Waals surface area contributed by atoms with E-state index in [1.54, 1.807) is 6.07 Å². The van der Waals surface area contributed by atoms with E-state index >= 15 is 0 Å². The number of alkyl halides is 3. The fraction of sp³-hybridized carbons (Fsp3) is 0.333. The Hall–Kier alpha value is -0.530. The molecule has 0 heterocycles. The molecule has 0 saturated carbocycles. The molecule has 1 aromatic rings. The van der Waals surface area contributed by atoms with Crippen LogP contribution in [-0.4, -0.2) is 37.0 Å². The van der Waals surface area contributed by atoms with Crippen molar-refractivity contribution >= 4 is 51.4 Å². The van der Waals surface area contributed by atoms with Gasteiger partial charge in [0.25, 0.3) is 0 Å². The Morgan fingerprint density at radius 2 is 1.44 bits per heavy atom. The molecule has 0 radical (unpaired) electrons. The van der Waals surface area contributed by atoms with Crippen molar-refractivity contribution in [2.45, 2.75) is 11.3 Å². The van der Waals surface area contributed by atoms with Crippen LogP contribution in [-0.2, 0) is 43.6 Å². The van der Waals surface area contributed by atoms with Crippen molar-refractivity contribution in [1.29, 1.82) is 0 Å². The van der Waals surface area contributed by atoms with Gasteiger partial charge in [0, 0.05) is 0 Å². The molecule has 9 nitrogen and oxygen atoms in total. The van der Waals surface area contributed by atoms with E-state index in [9.17, 15) is 38.4 Å². The van der Waals surface area contributed by atoms with Crippen LogP contribution in [0.4, 0.5) is 13.2 Å². The molecule has 0 atom stereocenters. The van der Waals surface area contributed by atoms with Crippen LogP contribution < -0.4 is 0 Å². The van der Waals surface area contributed by atoms with Gasteiger partial charge in [-0.2, -0.15) is 0 Å². The van der Waals surface area contributed by atoms with Gasteiger partial charge in [0.15, 0.2) is 0 Å². The monoisotopic (exact) mass is 542 g/mol. The van der Waals surface area contributed by atoms with Crippen molar-refractivity contribution in [2.24, 2.45) is 0 Å². The van der Waals surface area contributed by atoms with Crippen LogP contribution in [0.3, 0.4) is 0 Å². The molecule has 0 aliphatic rings. The summed E-state index contributed by atoms with van der Waals surface area (Å²) in [4.78, 5) is 0. The first-order valence-corrected chi connectivity index (χ1v) is 13.1. The first kappa shape index (κ1) is 22.5. The zero-order chi connectivity index (χ0) is 19.5. The van der Waals surface area contributed by atoms with Gasteiger partial charge in [-0.3, -0.25) is 0 Å². The SMILES string of the molecule is CS(=O)(=O)OI(OS(=O)(=O)Cc1ccccc1)OS(=O)(=O)C(F)(F)F. The summed E-state index contributed by atoms with van der Waals surface area (Å²) >= 11 is -5.04. The Kier molecular flexibility index (Phi) is 7.21. The Morgan fingerprint density at radius 1 is 0.920 bits per heavy atom. The second kappa shape index (κ2) is 8.01. The Labute approximate surface area is 150 Å². The van der Waals surface area contributed by atoms with Crippen molar-refractivity contribution in [1.82, 2.24) is 0 Å². The van der Waals surface area contributed by atoms with Gasteiger partial charge in [-0.15, -0.1) is 0 Å². The molecule has 146 valence electrons. The number of benzene rings is 1. The summed E-state index contributed by atoms with van der Waals surface area (Å²) in [5.41, 5.74) is -5.77. The molecule has 0 bridgehead atoms. The number of hydrogen-bond acceptors (Lipinski definition) is 9. The normalized spacial score (nSPS) is 14.3. The summed E-state index contributed by atoms with van der Waals surface area (Å²) < 4.78 is 116. The van der Waals surface area contributed by atoms with E-state index in [1.165, 1.54) is 24.3 Å². The topological polar surface area (TPSA) is 130 Å². The van der Waals surface area contributed by atoms with Crippen molar-refractivity contribution in [3.63, 3.8) is 0 Å². The van der Waals surface area contributed by atoms with E-state index in [1.807, 2.05) is 0 Å². The van der Waals surface area contributed by atoms with Gasteiger partial charge in [0.2, 0.25) is 0 Å². The molecule has 0 fully saturated rings. The number of hydrogen-bond donors (Lipinski definition) is 0. The minimum absolute atomic E-state index is 0.149. The van der Waals surface area contributed by atoms with E-state index in [0.717, 1.165) is 0 Å². The molecule has 0 aromatic heterocycles. The van der Waals surface area contributed by atoms with Crippen LogP contribution in [0.15, 0.2) is 30.3 Å². The molecule has 1 aromatic carbocycles. The van der Waals surface area contributed by atoms with E-state index in [4.69, 9.17) is 0 Å². The molecule has 0 aliphatic carbocycles. The summed E-state index contributed by atoms with van der Waals surface area (Å²) in [5.74, 6) is -0.871. The minimum atomic E-state index is -6.32. The standard InChI is InChI=1S/C9H10F3IO9S3/c1-23(14,15)20-13(22-25(18,19)9(10,11)12)21-24(16,17)7-8-5-3-2-4-6-8/h2-6H,7H2,1H3. The molecule has 0 N–H and O–H groups in total. The number of halogens is 4. The first-order chi connectivity index (χ1) is 11.1. The molecular weight excluding hydrogens is 532 g/mol. The van der Waals surface area contributed by atoms with Crippen molar-refractivity contribution in [3.8, 4) is 0 Å². The molecule has 0 saturated heterocycles. The summed E-state index contributed by atoms with van der Waals surface area (Å²) in [7, 11) is -15.6. The fourth-order valence-corrected chi connectivity index (χ4v) is 9.27. The molecule has 1 rings (SSSR count). The summed E-state index contributed by atoms with van der Waals surface area (Å²) in [6, 6.07) is 7.15. The van der Waals surface area contributed by atoms with Gasteiger partial charge < -0.3 is 0 Å². The van der Waals surface area contributed by atoms with Crippen LogP contribution in [0.25, 0.3) is 0 Å². The summed E-state index contributed by atoms with van der Waals surface area (Å²) in [6.07, 6.45) is 0.355. The molecule has 0 amide bonds. The molecule has 0 aliphatic heterocycles. The zero-order valence-corrected chi connectivity index (χ0v) is 16.6. The molecule has 16 heteroatoms. The second-order valence-electron chi connectivity index (χ2n) is 4.17. The first-order valence-electron chi connectivity index (χ1n) is 5.70. The van der Waals surface area contributed by atoms with Gasteiger partial charge in [0.05, 0.1) is 0 Å². The van der Waals surface area contributed by atoms with Crippen LogP contribution >= 0.6 is 21.1 Å². The van der Waals surface area contributed by atoms with Gasteiger partial charge in [-0.05, 0) is 0 Å². The third-order valence-corrected chi connectivity index (χ3v) is 11.7. The molecule has 0 spiro atoms. The van der Waals surface area contributed by atoms with Crippen LogP contribution in [0.2, 0.25) is 0 Å². The predicted molar refractivity (Wildman–Crippen MR) is 86.2 cm³/mol. The zero-order valence-electron chi connectivity index (χ0n) is 12.0. The van der Waals surface area contributed by atoms with E-state index in [2.05, 4.69) is 7.54 Å². The third-order valence-electron chi connectivity index (χ3n) is 1.92. The summed E-state index contributed by atoms with van der Waals surface area (Å²) in [6.45, 7) is 0. The van der Waals surface area contributed by atoms with E-state index in [0.29, 0.717) is 6.26 Å². The Morgan fingerprint density at radius 3 is 1.88 bits per heavy atom. The number of rotatable bonds is 8. The second-order valence-corrected chi connectivity index (χ2v) is 13.0. The fourth-order valence-electron chi connectivity index (χ4n) is 1.11. The quantitative estimate of drug-likeness (QED) is 0.356. The maximum absolute atomic E-state index is 12.3. The third kappa shape index (κ3) is 8.13. The molecule has 25 heavy (non-hydrogen) atoms. The van der Waals surface area contributed by atoms with Crippen LogP contribution in [0, 0.1) is 0 Å². The average Bonchev–Trinajstić information content (AvgIpc) is 2.34. The average molecular weight is 542 g/mol. The van der Waals surface area contributed by atoms with E-state index < -0.39 is 62.7 Å². The van der Waals surface area contributed by atoms with Crippen LogP contribution in [0.5, 0.6) is 0 Å². The van der Waals surface area contributed by atoms with Gasteiger partial charge >= 0.3 is 151 Å². The summed E-state index contributed by atoms with van der Waals surface area (Å²) in [5, 5.41) is 0. The van der Waals surface area contributed by atoms with Gasteiger partial charge in [-0.25, -0.2) is 0 Å². The maximum atomic E-state index is 12.3. The predicted octanol–water partition coefficient (Wildman–Crippen LogP) is 1.63. The molecular formula is C9H10F3IO9S3. The van der Waals surface area contributed by atoms with Gasteiger partial charge in [-0.1, -0.05) is 0 Å². The molecule has 0 unspecified atom stereocenters. The van der Waals surface area contributed by atoms with Crippen molar-refractivity contribution in [2.75, 3.05) is 6.26 Å². The van der Waals surface area contributed by atoms with Crippen LogP contribution in [0.1, 0.15) is 5.56 Å². The Balaban J connectivity index is 3.05. The Bertz CT molecular complexity index is 895.